The maximum absolute atomic E-state index is 6.73. The Morgan fingerprint density at radius 1 is 0.894 bits per heavy atom. The molecule has 0 bridgehead atoms. The van der Waals surface area contributed by atoms with Crippen LogP contribution >= 0.6 is 0 Å². The van der Waals surface area contributed by atoms with Crippen LogP contribution in [0.25, 0.3) is 33.3 Å². The molecular formula is C42H46N4O. The molecule has 0 fully saturated rings. The van der Waals surface area contributed by atoms with E-state index < -0.39 is 0 Å². The Morgan fingerprint density at radius 2 is 1.70 bits per heavy atom. The molecule has 0 spiro atoms. The van der Waals surface area contributed by atoms with Crippen LogP contribution in [0.2, 0.25) is 0 Å². The van der Waals surface area contributed by atoms with Gasteiger partial charge in [-0.3, -0.25) is 4.57 Å². The number of aromatic nitrogens is 4. The summed E-state index contributed by atoms with van der Waals surface area (Å²) in [7, 11) is 0. The third-order valence-electron chi connectivity index (χ3n) is 10.1. The van der Waals surface area contributed by atoms with Crippen molar-refractivity contribution in [2.24, 2.45) is 5.92 Å². The van der Waals surface area contributed by atoms with Crippen LogP contribution in [0.3, 0.4) is 0 Å². The van der Waals surface area contributed by atoms with Crippen molar-refractivity contribution in [3.63, 3.8) is 0 Å². The standard InChI is InChI=1S/C42H46N4O/c1-8-12-31-19-20-43-40(21-31)45-38-16-10-9-15-36(38)37-18-17-34(25-39(37)45)47-35-23-32(26(2)3)22-33(24-35)46-30(7)42(29(6)44-46)41-27(4)13-11-14-28(41)5/h9-10,13,15-26,28,41H,8,11-12,14H2,1-7H3/t28?,41-/m0/s1. The first-order chi connectivity index (χ1) is 22.7. The van der Waals surface area contributed by atoms with Gasteiger partial charge in [0.1, 0.15) is 17.3 Å². The molecule has 0 amide bonds. The minimum atomic E-state index is 0.337. The fourth-order valence-corrected chi connectivity index (χ4v) is 7.73. The van der Waals surface area contributed by atoms with Crippen LogP contribution < -0.4 is 4.74 Å². The molecule has 0 N–H and O–H groups in total. The van der Waals surface area contributed by atoms with E-state index in [1.807, 2.05) is 6.20 Å². The molecule has 1 aliphatic rings. The molecule has 0 radical (unpaired) electrons. The van der Waals surface area contributed by atoms with Gasteiger partial charge in [0.15, 0.2) is 0 Å². The molecule has 2 atom stereocenters. The smallest absolute Gasteiger partial charge is 0.137 e. The van der Waals surface area contributed by atoms with Crippen LogP contribution in [-0.2, 0) is 6.42 Å². The molecule has 3 aromatic carbocycles. The summed E-state index contributed by atoms with van der Waals surface area (Å²) in [6, 6.07) is 25.9. The molecule has 1 aliphatic carbocycles. The molecule has 0 saturated heterocycles. The number of hydrogen-bond acceptors (Lipinski definition) is 3. The van der Waals surface area contributed by atoms with Crippen molar-refractivity contribution in [3.8, 4) is 23.0 Å². The minimum Gasteiger partial charge on any atom is -0.457 e. The molecule has 3 heterocycles. The average molecular weight is 623 g/mol. The molecule has 1 unspecified atom stereocenters. The highest BCUT2D eigenvalue weighted by Crippen LogP contribution is 2.42. The first-order valence-electron chi connectivity index (χ1n) is 17.3. The van der Waals surface area contributed by atoms with Crippen LogP contribution in [0.15, 0.2) is 90.6 Å². The SMILES string of the molecule is CCCc1ccnc(-n2c3ccccc3c3ccc(Oc4cc(C(C)C)cc(-n5nc(C)c([C@H]6C(C)=CCCC6C)c5C)c4)cc32)c1. The average Bonchev–Trinajstić information content (AvgIpc) is 3.54. The van der Waals surface area contributed by atoms with Gasteiger partial charge in [-0.15, -0.1) is 0 Å². The molecule has 240 valence electrons. The van der Waals surface area contributed by atoms with E-state index in [1.54, 1.807) is 0 Å². The number of fused-ring (bicyclic) bond motifs is 3. The first-order valence-corrected chi connectivity index (χ1v) is 17.3. The fraction of sp³-hybridized carbons (Fsp3) is 0.333. The Kier molecular flexibility index (Phi) is 8.25. The quantitative estimate of drug-likeness (QED) is 0.159. The summed E-state index contributed by atoms with van der Waals surface area (Å²) in [5.41, 5.74) is 10.9. The summed E-state index contributed by atoms with van der Waals surface area (Å²) in [5.74, 6) is 3.89. The van der Waals surface area contributed by atoms with Gasteiger partial charge in [-0.25, -0.2) is 9.67 Å². The third-order valence-corrected chi connectivity index (χ3v) is 10.1. The Balaban J connectivity index is 1.32. The van der Waals surface area contributed by atoms with Gasteiger partial charge in [-0.1, -0.05) is 64.0 Å². The summed E-state index contributed by atoms with van der Waals surface area (Å²) < 4.78 is 11.1. The lowest BCUT2D eigenvalue weighted by Crippen LogP contribution is -2.16. The number of hydrogen-bond donors (Lipinski definition) is 0. The zero-order valence-electron chi connectivity index (χ0n) is 28.8. The van der Waals surface area contributed by atoms with Crippen molar-refractivity contribution in [1.29, 1.82) is 0 Å². The van der Waals surface area contributed by atoms with Gasteiger partial charge < -0.3 is 4.74 Å². The number of pyridine rings is 1. The van der Waals surface area contributed by atoms with Crippen molar-refractivity contribution in [1.82, 2.24) is 19.3 Å². The molecule has 0 aliphatic heterocycles. The third kappa shape index (κ3) is 5.66. The first kappa shape index (κ1) is 31.0. The minimum absolute atomic E-state index is 0.337. The number of para-hydroxylation sites is 1. The predicted octanol–water partition coefficient (Wildman–Crippen LogP) is 11.3. The second-order valence-electron chi connectivity index (χ2n) is 13.8. The molecule has 0 saturated carbocycles. The highest BCUT2D eigenvalue weighted by atomic mass is 16.5. The van der Waals surface area contributed by atoms with Gasteiger partial charge in [0.25, 0.3) is 0 Å². The van der Waals surface area contributed by atoms with E-state index in [9.17, 15) is 0 Å². The predicted molar refractivity (Wildman–Crippen MR) is 195 cm³/mol. The zero-order valence-corrected chi connectivity index (χ0v) is 28.8. The van der Waals surface area contributed by atoms with Crippen molar-refractivity contribution >= 4 is 21.8 Å². The van der Waals surface area contributed by atoms with Gasteiger partial charge >= 0.3 is 0 Å². The molecule has 5 heteroatoms. The topological polar surface area (TPSA) is 44.9 Å². The monoisotopic (exact) mass is 622 g/mol. The van der Waals surface area contributed by atoms with E-state index in [0.717, 1.165) is 52.6 Å². The van der Waals surface area contributed by atoms with E-state index in [0.29, 0.717) is 17.8 Å². The second kappa shape index (κ2) is 12.5. The summed E-state index contributed by atoms with van der Waals surface area (Å²) in [6.45, 7) is 15.7. The molecular weight excluding hydrogens is 576 g/mol. The molecule has 3 aromatic heterocycles. The van der Waals surface area contributed by atoms with Crippen molar-refractivity contribution in [2.45, 2.75) is 86.0 Å². The van der Waals surface area contributed by atoms with Gasteiger partial charge in [-0.05, 0) is 105 Å². The summed E-state index contributed by atoms with van der Waals surface area (Å²) in [6.07, 6.45) is 8.86. The number of aryl methyl sites for hydroxylation is 2. The van der Waals surface area contributed by atoms with Crippen LogP contribution in [0.5, 0.6) is 11.5 Å². The fourth-order valence-electron chi connectivity index (χ4n) is 7.73. The van der Waals surface area contributed by atoms with Crippen molar-refractivity contribution in [2.75, 3.05) is 0 Å². The largest absolute Gasteiger partial charge is 0.457 e. The lowest BCUT2D eigenvalue weighted by molar-refractivity contribution is 0.447. The molecule has 5 nitrogen and oxygen atoms in total. The Morgan fingerprint density at radius 3 is 2.49 bits per heavy atom. The maximum atomic E-state index is 6.73. The van der Waals surface area contributed by atoms with E-state index in [1.165, 1.54) is 51.6 Å². The van der Waals surface area contributed by atoms with Crippen LogP contribution in [0, 0.1) is 19.8 Å². The summed E-state index contributed by atoms with van der Waals surface area (Å²) in [5, 5.41) is 7.52. The van der Waals surface area contributed by atoms with E-state index in [4.69, 9.17) is 14.8 Å². The van der Waals surface area contributed by atoms with Gasteiger partial charge in [0, 0.05) is 46.3 Å². The van der Waals surface area contributed by atoms with Crippen LogP contribution in [0.4, 0.5) is 0 Å². The number of allylic oxidation sites excluding steroid dienone is 2. The number of nitrogens with zero attached hydrogens (tertiary/aromatic N) is 4. The molecule has 47 heavy (non-hydrogen) atoms. The van der Waals surface area contributed by atoms with Crippen molar-refractivity contribution < 1.29 is 4.74 Å². The highest BCUT2D eigenvalue weighted by Gasteiger charge is 2.29. The second-order valence-corrected chi connectivity index (χ2v) is 13.8. The number of benzene rings is 3. The number of rotatable bonds is 8. The van der Waals surface area contributed by atoms with E-state index in [2.05, 4.69) is 137 Å². The van der Waals surface area contributed by atoms with E-state index >= 15 is 0 Å². The maximum Gasteiger partial charge on any atom is 0.137 e. The Bertz CT molecular complexity index is 2130. The Labute approximate surface area is 278 Å². The zero-order chi connectivity index (χ0) is 32.8. The van der Waals surface area contributed by atoms with Crippen LogP contribution in [0.1, 0.15) is 93.8 Å². The lowest BCUT2D eigenvalue weighted by atomic mass is 9.75. The molecule has 6 aromatic rings. The summed E-state index contributed by atoms with van der Waals surface area (Å²) in [4.78, 5) is 4.82. The lowest BCUT2D eigenvalue weighted by Gasteiger charge is -2.29. The van der Waals surface area contributed by atoms with Gasteiger partial charge in [0.05, 0.1) is 22.4 Å². The molecule has 7 rings (SSSR count). The summed E-state index contributed by atoms with van der Waals surface area (Å²) >= 11 is 0. The normalized spacial score (nSPS) is 16.7. The highest BCUT2D eigenvalue weighted by molar-refractivity contribution is 6.09. The van der Waals surface area contributed by atoms with Crippen LogP contribution in [-0.4, -0.2) is 19.3 Å². The van der Waals surface area contributed by atoms with Gasteiger partial charge in [-0.2, -0.15) is 5.10 Å². The van der Waals surface area contributed by atoms with Crippen molar-refractivity contribution in [3.05, 3.63) is 119 Å². The van der Waals surface area contributed by atoms with Gasteiger partial charge in [0.2, 0.25) is 0 Å². The van der Waals surface area contributed by atoms with E-state index in [-0.39, 0.29) is 0 Å². The number of ether oxygens (including phenoxy) is 1. The Hall–Kier alpha value is -4.64.